The highest BCUT2D eigenvalue weighted by molar-refractivity contribution is 7.89. The van der Waals surface area contributed by atoms with Gasteiger partial charge in [-0.3, -0.25) is 14.5 Å². The molecule has 2 heterocycles. The lowest BCUT2D eigenvalue weighted by Crippen LogP contribution is -2.53. The van der Waals surface area contributed by atoms with E-state index in [1.54, 1.807) is 36.4 Å². The average molecular weight is 648 g/mol. The van der Waals surface area contributed by atoms with Crippen molar-refractivity contribution in [2.75, 3.05) is 24.5 Å². The molecule has 2 amide bonds. The van der Waals surface area contributed by atoms with Gasteiger partial charge in [0.1, 0.15) is 5.58 Å². The normalized spacial score (nSPS) is 16.5. The molecule has 3 atom stereocenters. The fourth-order valence-electron chi connectivity index (χ4n) is 5.40. The highest BCUT2D eigenvalue weighted by Gasteiger charge is 2.39. The maximum atomic E-state index is 13.9. The molecule has 3 aromatic carbocycles. The number of aliphatic hydroxyl groups is 1. The maximum Gasteiger partial charge on any atom is 0.415 e. The molecule has 11 nitrogen and oxygen atoms in total. The Bertz CT molecular complexity index is 1820. The summed E-state index contributed by atoms with van der Waals surface area (Å²) in [6.45, 7) is 4.90. The van der Waals surface area contributed by atoms with E-state index in [0.29, 0.717) is 22.2 Å². The first kappa shape index (κ1) is 32.9. The zero-order chi connectivity index (χ0) is 33.0. The smallest absolute Gasteiger partial charge is 0.415 e. The molecule has 242 valence electrons. The van der Waals surface area contributed by atoms with Crippen LogP contribution in [0.5, 0.6) is 0 Å². The minimum Gasteiger partial charge on any atom is -0.464 e. The highest BCUT2D eigenvalue weighted by Crippen LogP contribution is 2.26. The number of cyclic esters (lactones) is 1. The van der Waals surface area contributed by atoms with E-state index in [1.807, 2.05) is 44.2 Å². The predicted octanol–water partition coefficient (Wildman–Crippen LogP) is 4.40. The molecular weight excluding hydrogens is 610 g/mol. The Balaban J connectivity index is 1.36. The summed E-state index contributed by atoms with van der Waals surface area (Å²) in [5, 5.41) is 15.0. The number of fused-ring (bicyclic) bond motifs is 1. The summed E-state index contributed by atoms with van der Waals surface area (Å²) in [5.41, 5.74) is 2.19. The van der Waals surface area contributed by atoms with Crippen molar-refractivity contribution in [1.29, 1.82) is 0 Å². The van der Waals surface area contributed by atoms with Crippen LogP contribution in [0.4, 0.5) is 10.5 Å². The average Bonchev–Trinajstić information content (AvgIpc) is 3.67. The van der Waals surface area contributed by atoms with Crippen LogP contribution < -0.4 is 10.2 Å². The van der Waals surface area contributed by atoms with Crippen molar-refractivity contribution in [3.05, 3.63) is 96.3 Å². The van der Waals surface area contributed by atoms with Gasteiger partial charge < -0.3 is 19.6 Å². The van der Waals surface area contributed by atoms with Crippen molar-refractivity contribution in [3.8, 4) is 0 Å². The standard InChI is InChI=1S/C34H37N3O8S/c1-22(2)19-36(46(42,43)28-12-13-31-26(18-28)14-15-44-31)20-30(39)29(16-24-8-5-4-6-9-24)35-33(40)32-21-37(34(41)45-32)27-11-7-10-25(17-27)23(3)38/h4-15,17-18,22,29-30,32,39H,16,19-21H2,1-3H3,(H,35,40)/t29-,30+,32-/m0/s1. The van der Waals surface area contributed by atoms with Gasteiger partial charge >= 0.3 is 6.09 Å². The second kappa shape index (κ2) is 13.9. The number of aliphatic hydroxyl groups excluding tert-OH is 1. The molecule has 0 aliphatic carbocycles. The lowest BCUT2D eigenvalue weighted by molar-refractivity contribution is -0.129. The van der Waals surface area contributed by atoms with E-state index in [9.17, 15) is 27.9 Å². The molecule has 0 radical (unpaired) electrons. The van der Waals surface area contributed by atoms with Gasteiger partial charge in [-0.05, 0) is 61.2 Å². The summed E-state index contributed by atoms with van der Waals surface area (Å²) in [7, 11) is -4.05. The summed E-state index contributed by atoms with van der Waals surface area (Å²) in [6.07, 6.45) is -1.59. The summed E-state index contributed by atoms with van der Waals surface area (Å²) >= 11 is 0. The van der Waals surface area contributed by atoms with Crippen LogP contribution in [0.1, 0.15) is 36.7 Å². The Morgan fingerprint density at radius 1 is 1.02 bits per heavy atom. The van der Waals surface area contributed by atoms with Gasteiger partial charge in [0.15, 0.2) is 11.9 Å². The van der Waals surface area contributed by atoms with Gasteiger partial charge in [-0.15, -0.1) is 0 Å². The van der Waals surface area contributed by atoms with Crippen molar-refractivity contribution in [2.24, 2.45) is 5.92 Å². The first-order valence-corrected chi connectivity index (χ1v) is 16.5. The van der Waals surface area contributed by atoms with Crippen LogP contribution in [0.3, 0.4) is 0 Å². The van der Waals surface area contributed by atoms with E-state index in [4.69, 9.17) is 9.15 Å². The Labute approximate surface area is 267 Å². The van der Waals surface area contributed by atoms with E-state index in [0.717, 1.165) is 5.56 Å². The molecule has 0 bridgehead atoms. The molecule has 1 aliphatic heterocycles. The number of nitrogens with one attached hydrogen (secondary N) is 1. The van der Waals surface area contributed by atoms with E-state index in [-0.39, 0.29) is 42.7 Å². The number of carbonyl (C=O) groups excluding carboxylic acids is 3. The highest BCUT2D eigenvalue weighted by atomic mass is 32.2. The van der Waals surface area contributed by atoms with Crippen LogP contribution in [-0.2, 0) is 26.0 Å². The molecule has 1 aromatic heterocycles. The third kappa shape index (κ3) is 7.47. The number of hydrogen-bond acceptors (Lipinski definition) is 8. The van der Waals surface area contributed by atoms with Gasteiger partial charge in [-0.25, -0.2) is 13.2 Å². The Kier molecular flexibility index (Phi) is 9.90. The maximum absolute atomic E-state index is 13.9. The number of rotatable bonds is 13. The summed E-state index contributed by atoms with van der Waals surface area (Å²) in [4.78, 5) is 39.4. The van der Waals surface area contributed by atoms with Crippen molar-refractivity contribution in [2.45, 2.75) is 50.3 Å². The fraction of sp³-hybridized carbons (Fsp3) is 0.324. The second-order valence-corrected chi connectivity index (χ2v) is 13.7. The number of benzene rings is 3. The molecule has 12 heteroatoms. The van der Waals surface area contributed by atoms with E-state index in [1.165, 1.54) is 34.5 Å². The first-order valence-electron chi connectivity index (χ1n) is 15.0. The fourth-order valence-corrected chi connectivity index (χ4v) is 7.06. The summed E-state index contributed by atoms with van der Waals surface area (Å²) in [6, 6.07) is 21.0. The van der Waals surface area contributed by atoms with Crippen LogP contribution in [0.25, 0.3) is 11.0 Å². The quantitative estimate of drug-likeness (QED) is 0.203. The number of hydrogen-bond donors (Lipinski definition) is 2. The third-order valence-corrected chi connectivity index (χ3v) is 9.61. The van der Waals surface area contributed by atoms with Crippen molar-refractivity contribution in [1.82, 2.24) is 9.62 Å². The van der Waals surface area contributed by atoms with Crippen LogP contribution in [0.2, 0.25) is 0 Å². The molecule has 0 saturated carbocycles. The number of nitrogens with zero attached hydrogens (tertiary/aromatic N) is 2. The van der Waals surface area contributed by atoms with Gasteiger partial charge in [0, 0.05) is 29.7 Å². The largest absolute Gasteiger partial charge is 0.464 e. The first-order chi connectivity index (χ1) is 21.9. The number of ether oxygens (including phenoxy) is 1. The van der Waals surface area contributed by atoms with Gasteiger partial charge in [0.05, 0.1) is 29.8 Å². The molecule has 5 rings (SSSR count). The van der Waals surface area contributed by atoms with Crippen molar-refractivity contribution < 1.29 is 37.1 Å². The Morgan fingerprint density at radius 2 is 1.78 bits per heavy atom. The molecule has 0 unspecified atom stereocenters. The molecular formula is C34H37N3O8S. The molecule has 0 spiro atoms. The molecule has 1 aliphatic rings. The van der Waals surface area contributed by atoms with Gasteiger partial charge in [0.2, 0.25) is 10.0 Å². The monoisotopic (exact) mass is 647 g/mol. The van der Waals surface area contributed by atoms with Gasteiger partial charge in [-0.1, -0.05) is 56.3 Å². The molecule has 1 fully saturated rings. The zero-order valence-electron chi connectivity index (χ0n) is 25.8. The second-order valence-electron chi connectivity index (χ2n) is 11.8. The van der Waals surface area contributed by atoms with Crippen LogP contribution in [-0.4, -0.2) is 73.5 Å². The zero-order valence-corrected chi connectivity index (χ0v) is 26.6. The number of Topliss-reactive ketones (excluding diaryl/α,β-unsaturated/α-hetero) is 1. The Morgan fingerprint density at radius 3 is 2.50 bits per heavy atom. The van der Waals surface area contributed by atoms with Crippen LogP contribution in [0.15, 0.2) is 94.4 Å². The van der Waals surface area contributed by atoms with E-state index >= 15 is 0 Å². The van der Waals surface area contributed by atoms with Gasteiger partial charge in [-0.2, -0.15) is 4.31 Å². The van der Waals surface area contributed by atoms with E-state index in [2.05, 4.69) is 5.32 Å². The van der Waals surface area contributed by atoms with Crippen molar-refractivity contribution >= 4 is 44.5 Å². The number of ketones is 1. The number of carbonyl (C=O) groups is 3. The molecule has 1 saturated heterocycles. The SMILES string of the molecule is CC(=O)c1cccc(N2C[C@@H](C(=O)N[C@@H](Cc3ccccc3)[C@H](O)CN(CC(C)C)S(=O)(=O)c3ccc4occc4c3)OC2=O)c1. The minimum absolute atomic E-state index is 0.0599. The summed E-state index contributed by atoms with van der Waals surface area (Å²) in [5.74, 6) is -0.869. The van der Waals surface area contributed by atoms with E-state index < -0.39 is 40.3 Å². The molecule has 4 aromatic rings. The van der Waals surface area contributed by atoms with Crippen LogP contribution in [0, 0.1) is 5.92 Å². The summed E-state index contributed by atoms with van der Waals surface area (Å²) < 4.78 is 39.7. The number of furan rings is 1. The number of sulfonamides is 1. The molecule has 2 N–H and O–H groups in total. The molecule has 46 heavy (non-hydrogen) atoms. The van der Waals surface area contributed by atoms with Gasteiger partial charge in [0.25, 0.3) is 5.91 Å². The predicted molar refractivity (Wildman–Crippen MR) is 172 cm³/mol. The lowest BCUT2D eigenvalue weighted by atomic mass is 10.0. The van der Waals surface area contributed by atoms with Crippen molar-refractivity contribution in [3.63, 3.8) is 0 Å². The Hall–Kier alpha value is -4.52. The third-order valence-electron chi connectivity index (χ3n) is 7.78. The minimum atomic E-state index is -4.05. The topological polar surface area (TPSA) is 146 Å². The number of amides is 2. The number of anilines is 1. The lowest BCUT2D eigenvalue weighted by Gasteiger charge is -2.31. The van der Waals surface area contributed by atoms with Crippen LogP contribution >= 0.6 is 0 Å².